The van der Waals surface area contributed by atoms with Crippen molar-refractivity contribution in [2.24, 2.45) is 0 Å². The molecule has 1 atom stereocenters. The van der Waals surface area contributed by atoms with Gasteiger partial charge in [-0.05, 0) is 46.9 Å². The molecule has 1 heterocycles. The number of hydrogen-bond acceptors (Lipinski definition) is 4. The Labute approximate surface area is 200 Å². The zero-order valence-corrected chi connectivity index (χ0v) is 19.4. The van der Waals surface area contributed by atoms with E-state index in [0.29, 0.717) is 26.2 Å². The number of benzene rings is 3. The first-order valence-electron chi connectivity index (χ1n) is 11.7. The van der Waals surface area contributed by atoms with Gasteiger partial charge in [0.1, 0.15) is 18.1 Å². The van der Waals surface area contributed by atoms with Crippen LogP contribution in [-0.2, 0) is 22.6 Å². The molecule has 5 heteroatoms. The number of hydrogen-bond donors (Lipinski definition) is 1. The number of ether oxygens (including phenoxy) is 3. The van der Waals surface area contributed by atoms with E-state index in [2.05, 4.69) is 30.3 Å². The number of carboxylic acid groups (broad SMARTS) is 1. The van der Waals surface area contributed by atoms with Crippen LogP contribution in [0.25, 0.3) is 5.57 Å². The van der Waals surface area contributed by atoms with Crippen LogP contribution in [0, 0.1) is 0 Å². The van der Waals surface area contributed by atoms with Crippen molar-refractivity contribution in [2.45, 2.75) is 38.9 Å². The highest BCUT2D eigenvalue weighted by atomic mass is 16.5. The van der Waals surface area contributed by atoms with Gasteiger partial charge in [-0.25, -0.2) is 4.79 Å². The Hall–Kier alpha value is -3.57. The van der Waals surface area contributed by atoms with Crippen LogP contribution in [0.2, 0.25) is 0 Å². The zero-order chi connectivity index (χ0) is 23.8. The van der Waals surface area contributed by atoms with E-state index in [1.807, 2.05) is 55.5 Å². The molecule has 34 heavy (non-hydrogen) atoms. The maximum Gasteiger partial charge on any atom is 0.333 e. The molecular weight excluding hydrogens is 428 g/mol. The normalized spacial score (nSPS) is 14.4. The summed E-state index contributed by atoms with van der Waals surface area (Å²) >= 11 is 0. The Kier molecular flexibility index (Phi) is 7.99. The van der Waals surface area contributed by atoms with Gasteiger partial charge in [-0.15, -0.1) is 0 Å². The van der Waals surface area contributed by atoms with E-state index in [0.717, 1.165) is 41.0 Å². The Morgan fingerprint density at radius 1 is 1.00 bits per heavy atom. The molecule has 0 amide bonds. The summed E-state index contributed by atoms with van der Waals surface area (Å²) in [6.07, 6.45) is 3.25. The maximum atomic E-state index is 11.4. The lowest BCUT2D eigenvalue weighted by molar-refractivity contribution is -0.150. The number of para-hydroxylation sites is 1. The molecule has 1 aliphatic heterocycles. The second kappa shape index (κ2) is 11.5. The molecule has 0 fully saturated rings. The molecule has 0 saturated carbocycles. The highest BCUT2D eigenvalue weighted by Gasteiger charge is 2.19. The van der Waals surface area contributed by atoms with Crippen molar-refractivity contribution < 1.29 is 24.1 Å². The molecule has 1 N–H and O–H groups in total. The lowest BCUT2D eigenvalue weighted by Gasteiger charge is -2.13. The number of fused-ring (bicyclic) bond motifs is 2. The zero-order valence-electron chi connectivity index (χ0n) is 19.4. The largest absolute Gasteiger partial charge is 0.493 e. The molecule has 0 bridgehead atoms. The van der Waals surface area contributed by atoms with Gasteiger partial charge in [0.2, 0.25) is 0 Å². The molecule has 1 aliphatic rings. The highest BCUT2D eigenvalue weighted by molar-refractivity contribution is 5.84. The van der Waals surface area contributed by atoms with Gasteiger partial charge in [-0.1, -0.05) is 67.6 Å². The third kappa shape index (κ3) is 5.86. The van der Waals surface area contributed by atoms with E-state index in [9.17, 15) is 9.90 Å². The standard InChI is InChI=1S/C29H30O5/c1-2-17-33-28(29(30)31)19-21-13-15-23(16-14-21)32-18-7-11-25-24-9-4-3-8-22(24)20-34-27-12-6-5-10-26(25)27/h3-6,8-16,28H,2,7,17-20H2,1H3,(H,30,31)/b25-11+. The molecule has 0 spiro atoms. The highest BCUT2D eigenvalue weighted by Crippen LogP contribution is 2.36. The third-order valence-electron chi connectivity index (χ3n) is 5.75. The van der Waals surface area contributed by atoms with Crippen LogP contribution in [-0.4, -0.2) is 30.4 Å². The van der Waals surface area contributed by atoms with Gasteiger partial charge in [0.15, 0.2) is 6.10 Å². The third-order valence-corrected chi connectivity index (χ3v) is 5.75. The monoisotopic (exact) mass is 458 g/mol. The lowest BCUT2D eigenvalue weighted by Crippen LogP contribution is -2.26. The van der Waals surface area contributed by atoms with E-state index >= 15 is 0 Å². The smallest absolute Gasteiger partial charge is 0.333 e. The minimum Gasteiger partial charge on any atom is -0.493 e. The van der Waals surface area contributed by atoms with Gasteiger partial charge >= 0.3 is 5.97 Å². The molecule has 0 aliphatic carbocycles. The van der Waals surface area contributed by atoms with Crippen molar-refractivity contribution in [3.8, 4) is 11.5 Å². The average Bonchev–Trinajstić information content (AvgIpc) is 3.02. The van der Waals surface area contributed by atoms with Crippen molar-refractivity contribution in [2.75, 3.05) is 13.2 Å². The summed E-state index contributed by atoms with van der Waals surface area (Å²) in [5.74, 6) is 0.714. The number of rotatable bonds is 10. The van der Waals surface area contributed by atoms with Gasteiger partial charge < -0.3 is 19.3 Å². The Morgan fingerprint density at radius 2 is 1.74 bits per heavy atom. The van der Waals surface area contributed by atoms with Crippen LogP contribution in [0.5, 0.6) is 11.5 Å². The van der Waals surface area contributed by atoms with Crippen LogP contribution in [0.1, 0.15) is 42.0 Å². The first-order valence-corrected chi connectivity index (χ1v) is 11.7. The molecule has 5 nitrogen and oxygen atoms in total. The predicted octanol–water partition coefficient (Wildman–Crippen LogP) is 5.90. The second-order valence-corrected chi connectivity index (χ2v) is 8.24. The fraction of sp³-hybridized carbons (Fsp3) is 0.276. The van der Waals surface area contributed by atoms with Gasteiger partial charge in [0, 0.05) is 25.0 Å². The van der Waals surface area contributed by atoms with E-state index in [-0.39, 0.29) is 0 Å². The molecular formula is C29H30O5. The minimum atomic E-state index is -0.936. The van der Waals surface area contributed by atoms with Crippen molar-refractivity contribution in [3.63, 3.8) is 0 Å². The molecule has 176 valence electrons. The van der Waals surface area contributed by atoms with E-state index in [4.69, 9.17) is 14.2 Å². The summed E-state index contributed by atoms with van der Waals surface area (Å²) in [4.78, 5) is 11.4. The van der Waals surface area contributed by atoms with Crippen molar-refractivity contribution in [3.05, 3.63) is 101 Å². The molecule has 1 unspecified atom stereocenters. The van der Waals surface area contributed by atoms with Crippen molar-refractivity contribution in [1.29, 1.82) is 0 Å². The van der Waals surface area contributed by atoms with Crippen LogP contribution < -0.4 is 9.47 Å². The number of carboxylic acids is 1. The van der Waals surface area contributed by atoms with Crippen LogP contribution in [0.3, 0.4) is 0 Å². The number of aliphatic carboxylic acids is 1. The topological polar surface area (TPSA) is 65.0 Å². The Bertz CT molecular complexity index is 1080. The summed E-state index contributed by atoms with van der Waals surface area (Å²) in [6.45, 7) is 3.49. The fourth-order valence-electron chi connectivity index (χ4n) is 4.04. The summed E-state index contributed by atoms with van der Waals surface area (Å²) in [7, 11) is 0. The summed E-state index contributed by atoms with van der Waals surface area (Å²) in [6, 6.07) is 24.0. The van der Waals surface area contributed by atoms with Gasteiger partial charge in [-0.3, -0.25) is 0 Å². The van der Waals surface area contributed by atoms with Crippen LogP contribution in [0.15, 0.2) is 78.9 Å². The molecule has 0 saturated heterocycles. The minimum absolute atomic E-state index is 0.336. The van der Waals surface area contributed by atoms with Crippen molar-refractivity contribution >= 4 is 11.5 Å². The first-order chi connectivity index (χ1) is 16.7. The van der Waals surface area contributed by atoms with E-state index in [1.165, 1.54) is 11.1 Å². The molecule has 3 aromatic carbocycles. The summed E-state index contributed by atoms with van der Waals surface area (Å²) in [5, 5.41) is 9.34. The molecule has 0 aromatic heterocycles. The Morgan fingerprint density at radius 3 is 2.50 bits per heavy atom. The molecule has 4 rings (SSSR count). The quantitative estimate of drug-likeness (QED) is 0.383. The average molecular weight is 459 g/mol. The summed E-state index contributed by atoms with van der Waals surface area (Å²) in [5.41, 5.74) is 5.52. The van der Waals surface area contributed by atoms with E-state index < -0.39 is 12.1 Å². The molecule has 0 radical (unpaired) electrons. The van der Waals surface area contributed by atoms with Crippen LogP contribution >= 0.6 is 0 Å². The molecule has 3 aromatic rings. The maximum absolute atomic E-state index is 11.4. The van der Waals surface area contributed by atoms with Crippen LogP contribution in [0.4, 0.5) is 0 Å². The van der Waals surface area contributed by atoms with Crippen molar-refractivity contribution in [1.82, 2.24) is 0 Å². The predicted molar refractivity (Wildman–Crippen MR) is 132 cm³/mol. The summed E-state index contributed by atoms with van der Waals surface area (Å²) < 4.78 is 17.4. The fourth-order valence-corrected chi connectivity index (χ4v) is 4.04. The van der Waals surface area contributed by atoms with Gasteiger partial charge in [0.25, 0.3) is 0 Å². The second-order valence-electron chi connectivity index (χ2n) is 8.24. The lowest BCUT2D eigenvalue weighted by atomic mass is 9.93. The SMILES string of the molecule is CCCOC(Cc1ccc(OCC/C=C2\c3ccccc3COc3ccccc32)cc1)C(=O)O. The Balaban J connectivity index is 1.40. The van der Waals surface area contributed by atoms with E-state index in [1.54, 1.807) is 0 Å². The van der Waals surface area contributed by atoms with Gasteiger partial charge in [0.05, 0.1) is 6.61 Å². The van der Waals surface area contributed by atoms with Gasteiger partial charge in [-0.2, -0.15) is 0 Å². The first kappa shape index (κ1) is 23.6. The number of carbonyl (C=O) groups is 1.